The summed E-state index contributed by atoms with van der Waals surface area (Å²) in [6, 6.07) is 16.4. The van der Waals surface area contributed by atoms with Crippen LogP contribution in [0.2, 0.25) is 0 Å². The molecule has 25 heavy (non-hydrogen) atoms. The van der Waals surface area contributed by atoms with Crippen molar-refractivity contribution in [2.75, 3.05) is 6.61 Å². The van der Waals surface area contributed by atoms with Gasteiger partial charge in [0, 0.05) is 6.21 Å². The number of rotatable bonds is 7. The smallest absolute Gasteiger partial charge is 0.119 e. The molecule has 0 bridgehead atoms. The molecule has 0 saturated heterocycles. The number of ether oxygens (including phenoxy) is 1. The number of hydrogen-bond donors (Lipinski definition) is 0. The first-order valence-electron chi connectivity index (χ1n) is 9.67. The average molecular weight is 342 g/mol. The van der Waals surface area contributed by atoms with Crippen LogP contribution in [-0.2, 0) is 6.42 Å². The molecular weight excluding hydrogens is 306 g/mol. The SMILES string of the molecule is CC.CC.CCCCOc1ccc(C=Nc2ccc(CC)cc2)cc1. The maximum atomic E-state index is 5.65. The molecule has 0 aliphatic rings. The van der Waals surface area contributed by atoms with E-state index in [4.69, 9.17) is 4.74 Å². The van der Waals surface area contributed by atoms with Crippen molar-refractivity contribution in [1.29, 1.82) is 0 Å². The number of hydrogen-bond acceptors (Lipinski definition) is 2. The summed E-state index contributed by atoms with van der Waals surface area (Å²) < 4.78 is 5.65. The van der Waals surface area contributed by atoms with Crippen LogP contribution in [0.25, 0.3) is 0 Å². The van der Waals surface area contributed by atoms with Crippen molar-refractivity contribution in [3.05, 3.63) is 59.7 Å². The molecular formula is C23H35NO. The number of nitrogens with zero attached hydrogens (tertiary/aromatic N) is 1. The summed E-state index contributed by atoms with van der Waals surface area (Å²) >= 11 is 0. The third-order valence-corrected chi connectivity index (χ3v) is 3.35. The van der Waals surface area contributed by atoms with Crippen LogP contribution >= 0.6 is 0 Å². The molecule has 2 aromatic rings. The van der Waals surface area contributed by atoms with E-state index in [9.17, 15) is 0 Å². The van der Waals surface area contributed by atoms with Crippen molar-refractivity contribution in [3.8, 4) is 5.75 Å². The Labute approximate surface area is 155 Å². The molecule has 0 N–H and O–H groups in total. The second kappa shape index (κ2) is 15.4. The molecule has 0 heterocycles. The fourth-order valence-electron chi connectivity index (χ4n) is 1.95. The van der Waals surface area contributed by atoms with Gasteiger partial charge in [-0.3, -0.25) is 4.99 Å². The summed E-state index contributed by atoms with van der Waals surface area (Å²) in [5.74, 6) is 0.924. The van der Waals surface area contributed by atoms with Gasteiger partial charge in [0.05, 0.1) is 12.3 Å². The molecule has 2 rings (SSSR count). The predicted octanol–water partition coefficient (Wildman–Crippen LogP) is 7.23. The molecule has 0 fully saturated rings. The molecule has 2 heteroatoms. The van der Waals surface area contributed by atoms with Crippen LogP contribution in [0.4, 0.5) is 5.69 Å². The van der Waals surface area contributed by atoms with E-state index in [-0.39, 0.29) is 0 Å². The van der Waals surface area contributed by atoms with Crippen LogP contribution in [0.1, 0.15) is 65.5 Å². The van der Waals surface area contributed by atoms with E-state index in [1.807, 2.05) is 58.2 Å². The van der Waals surface area contributed by atoms with E-state index in [1.54, 1.807) is 0 Å². The van der Waals surface area contributed by atoms with Crippen molar-refractivity contribution in [2.45, 2.75) is 60.8 Å². The van der Waals surface area contributed by atoms with E-state index in [2.05, 4.69) is 43.1 Å². The molecule has 2 aromatic carbocycles. The Morgan fingerprint density at radius 2 is 1.44 bits per heavy atom. The first-order chi connectivity index (χ1) is 12.3. The highest BCUT2D eigenvalue weighted by molar-refractivity contribution is 5.82. The van der Waals surface area contributed by atoms with Crippen molar-refractivity contribution in [1.82, 2.24) is 0 Å². The van der Waals surface area contributed by atoms with Gasteiger partial charge < -0.3 is 4.74 Å². The summed E-state index contributed by atoms with van der Waals surface area (Å²) in [6.07, 6.45) is 5.19. The minimum atomic E-state index is 0.785. The van der Waals surface area contributed by atoms with Crippen LogP contribution in [0.5, 0.6) is 5.75 Å². The highest BCUT2D eigenvalue weighted by Gasteiger charge is 1.94. The zero-order valence-electron chi connectivity index (χ0n) is 16.9. The van der Waals surface area contributed by atoms with Crippen LogP contribution in [0.15, 0.2) is 53.5 Å². The van der Waals surface area contributed by atoms with E-state index < -0.39 is 0 Å². The van der Waals surface area contributed by atoms with Gasteiger partial charge in [0.2, 0.25) is 0 Å². The topological polar surface area (TPSA) is 21.6 Å². The summed E-state index contributed by atoms with van der Waals surface area (Å²) in [7, 11) is 0. The van der Waals surface area contributed by atoms with Gasteiger partial charge in [-0.2, -0.15) is 0 Å². The number of benzene rings is 2. The second-order valence-electron chi connectivity index (χ2n) is 5.05. The van der Waals surface area contributed by atoms with Gasteiger partial charge >= 0.3 is 0 Å². The fraction of sp³-hybridized carbons (Fsp3) is 0.435. The first kappa shape index (κ1) is 22.9. The standard InChI is InChI=1S/C19H23NO.2C2H6/c1-3-5-14-21-19-12-8-17(9-13-19)15-20-18-10-6-16(4-2)7-11-18;2*1-2/h6-13,15H,3-5,14H2,1-2H3;2*1-2H3. The van der Waals surface area contributed by atoms with E-state index >= 15 is 0 Å². The van der Waals surface area contributed by atoms with Gasteiger partial charge in [0.25, 0.3) is 0 Å². The Balaban J connectivity index is 0.00000134. The predicted molar refractivity (Wildman–Crippen MR) is 113 cm³/mol. The van der Waals surface area contributed by atoms with Crippen molar-refractivity contribution >= 4 is 11.9 Å². The largest absolute Gasteiger partial charge is 0.494 e. The summed E-state index contributed by atoms with van der Waals surface area (Å²) in [6.45, 7) is 13.1. The van der Waals surface area contributed by atoms with Crippen LogP contribution < -0.4 is 4.74 Å². The monoisotopic (exact) mass is 341 g/mol. The lowest BCUT2D eigenvalue weighted by Crippen LogP contribution is -1.96. The molecule has 0 aliphatic heterocycles. The van der Waals surface area contributed by atoms with Crippen LogP contribution in [0, 0.1) is 0 Å². The Morgan fingerprint density at radius 3 is 1.96 bits per heavy atom. The third kappa shape index (κ3) is 9.71. The van der Waals surface area contributed by atoms with E-state index in [0.717, 1.165) is 42.9 Å². The van der Waals surface area contributed by atoms with Crippen LogP contribution in [-0.4, -0.2) is 12.8 Å². The third-order valence-electron chi connectivity index (χ3n) is 3.35. The Kier molecular flexibility index (Phi) is 14.1. The summed E-state index contributed by atoms with van der Waals surface area (Å²) in [4.78, 5) is 4.49. The maximum Gasteiger partial charge on any atom is 0.119 e. The van der Waals surface area contributed by atoms with Gasteiger partial charge in [-0.25, -0.2) is 0 Å². The van der Waals surface area contributed by atoms with E-state index in [1.165, 1.54) is 5.56 Å². The van der Waals surface area contributed by atoms with Crippen molar-refractivity contribution in [3.63, 3.8) is 0 Å². The van der Waals surface area contributed by atoms with Crippen molar-refractivity contribution < 1.29 is 4.74 Å². The molecule has 0 radical (unpaired) electrons. The highest BCUT2D eigenvalue weighted by Crippen LogP contribution is 2.15. The fourth-order valence-corrected chi connectivity index (χ4v) is 1.95. The normalized spacial score (nSPS) is 9.68. The lowest BCUT2D eigenvalue weighted by Gasteiger charge is -2.04. The Morgan fingerprint density at radius 1 is 0.840 bits per heavy atom. The molecule has 0 atom stereocenters. The summed E-state index contributed by atoms with van der Waals surface area (Å²) in [5, 5.41) is 0. The van der Waals surface area contributed by atoms with Crippen LogP contribution in [0.3, 0.4) is 0 Å². The average Bonchev–Trinajstić information content (AvgIpc) is 2.71. The first-order valence-corrected chi connectivity index (χ1v) is 9.67. The molecule has 138 valence electrons. The highest BCUT2D eigenvalue weighted by atomic mass is 16.5. The number of aryl methyl sites for hydroxylation is 1. The second-order valence-corrected chi connectivity index (χ2v) is 5.05. The molecule has 0 saturated carbocycles. The van der Waals surface area contributed by atoms with Gasteiger partial charge in [-0.05, 0) is 60.4 Å². The zero-order valence-corrected chi connectivity index (χ0v) is 16.9. The minimum Gasteiger partial charge on any atom is -0.494 e. The molecule has 0 amide bonds. The van der Waals surface area contributed by atoms with E-state index in [0.29, 0.717) is 0 Å². The quantitative estimate of drug-likeness (QED) is 0.384. The zero-order chi connectivity index (χ0) is 18.9. The molecule has 0 spiro atoms. The van der Waals surface area contributed by atoms with Gasteiger partial charge in [-0.1, -0.05) is 60.1 Å². The lowest BCUT2D eigenvalue weighted by atomic mass is 10.1. The van der Waals surface area contributed by atoms with Gasteiger partial charge in [0.1, 0.15) is 5.75 Å². The Bertz CT molecular complexity index is 556. The molecule has 2 nitrogen and oxygen atoms in total. The van der Waals surface area contributed by atoms with Gasteiger partial charge in [-0.15, -0.1) is 0 Å². The maximum absolute atomic E-state index is 5.65. The summed E-state index contributed by atoms with van der Waals surface area (Å²) in [5.41, 5.74) is 3.40. The molecule has 0 aromatic heterocycles. The molecule has 0 aliphatic carbocycles. The van der Waals surface area contributed by atoms with Crippen molar-refractivity contribution in [2.24, 2.45) is 4.99 Å². The Hall–Kier alpha value is -2.09. The lowest BCUT2D eigenvalue weighted by molar-refractivity contribution is 0.309. The number of aliphatic imine (C=N–C) groups is 1. The minimum absolute atomic E-state index is 0.785. The van der Waals surface area contributed by atoms with Gasteiger partial charge in [0.15, 0.2) is 0 Å². The molecule has 0 unspecified atom stereocenters. The number of unbranched alkanes of at least 4 members (excludes halogenated alkanes) is 1.